The molecule has 192 valence electrons. The molecule has 36 heavy (non-hydrogen) atoms. The number of rotatable bonds is 10. The highest BCUT2D eigenvalue weighted by Gasteiger charge is 2.45. The lowest BCUT2D eigenvalue weighted by Gasteiger charge is -2.38. The predicted molar refractivity (Wildman–Crippen MR) is 144 cm³/mol. The number of hydrogen-bond acceptors (Lipinski definition) is 6. The Bertz CT molecular complexity index is 1080. The summed E-state index contributed by atoms with van der Waals surface area (Å²) in [7, 11) is 0. The Morgan fingerprint density at radius 1 is 1.33 bits per heavy atom. The summed E-state index contributed by atoms with van der Waals surface area (Å²) >= 11 is 6.53. The van der Waals surface area contributed by atoms with Gasteiger partial charge in [-0.25, -0.2) is 0 Å². The van der Waals surface area contributed by atoms with Crippen LogP contribution in [0.25, 0.3) is 0 Å². The number of ether oxygens (including phenoxy) is 1. The Kier molecular flexibility index (Phi) is 8.72. The first kappa shape index (κ1) is 26.3. The maximum absolute atomic E-state index is 11.6. The molecule has 0 amide bonds. The lowest BCUT2D eigenvalue weighted by Crippen LogP contribution is -2.53. The number of aliphatic hydroxyl groups excluding tert-OH is 2. The molecule has 4 atom stereocenters. The van der Waals surface area contributed by atoms with E-state index in [1.54, 1.807) is 30.4 Å². The lowest BCUT2D eigenvalue weighted by molar-refractivity contribution is -0.00733. The Labute approximate surface area is 218 Å². The van der Waals surface area contributed by atoms with Gasteiger partial charge in [0.2, 0.25) is 0 Å². The Hall–Kier alpha value is -2.80. The highest BCUT2D eigenvalue weighted by Crippen LogP contribution is 2.41. The van der Waals surface area contributed by atoms with E-state index in [-0.39, 0.29) is 17.8 Å². The molecule has 4 rings (SSSR count). The summed E-state index contributed by atoms with van der Waals surface area (Å²) in [6.07, 6.45) is 11.1. The van der Waals surface area contributed by atoms with E-state index in [2.05, 4.69) is 23.6 Å². The first-order valence-corrected chi connectivity index (χ1v) is 13.0. The highest BCUT2D eigenvalue weighted by atomic mass is 35.5. The van der Waals surface area contributed by atoms with Gasteiger partial charge in [0.1, 0.15) is 23.7 Å². The average molecular weight is 511 g/mol. The number of benzene rings is 1. The van der Waals surface area contributed by atoms with Gasteiger partial charge < -0.3 is 19.8 Å². The van der Waals surface area contributed by atoms with Gasteiger partial charge in [-0.1, -0.05) is 66.7 Å². The second-order valence-electron chi connectivity index (χ2n) is 9.43. The zero-order chi connectivity index (χ0) is 25.7. The van der Waals surface area contributed by atoms with Crippen molar-refractivity contribution in [1.82, 2.24) is 4.90 Å². The van der Waals surface area contributed by atoms with Crippen molar-refractivity contribution in [3.8, 4) is 5.75 Å². The molecule has 0 radical (unpaired) electrons. The minimum atomic E-state index is -0.892. The van der Waals surface area contributed by atoms with E-state index in [4.69, 9.17) is 21.2 Å². The monoisotopic (exact) mass is 510 g/mol. The standard InChI is InChI=1S/C29H35ClN2O4/c1-4-7-24(25(30)6-3)27-26(29(36-31-27)20-8-12-21(33)13-9-20)28(34)19-10-14-22(15-11-19)35-23-17-32(18-23)16-5-2/h4,6-8,10-15,20,23,26,28-29,33-34H,1,5,9,16-18H2,2-3H3/b24-7+,25-6+/t20?,26-,28?,29?/m0/s1. The van der Waals surface area contributed by atoms with Crippen molar-refractivity contribution in [2.24, 2.45) is 17.0 Å². The number of likely N-dealkylation sites (tertiary alicyclic amines) is 1. The summed E-state index contributed by atoms with van der Waals surface area (Å²) in [4.78, 5) is 8.30. The van der Waals surface area contributed by atoms with Crippen molar-refractivity contribution in [2.45, 2.75) is 45.0 Å². The van der Waals surface area contributed by atoms with Crippen LogP contribution in [-0.4, -0.2) is 52.7 Å². The van der Waals surface area contributed by atoms with Crippen LogP contribution in [0.5, 0.6) is 5.75 Å². The first-order valence-electron chi connectivity index (χ1n) is 12.6. The molecule has 1 aromatic rings. The average Bonchev–Trinajstić information content (AvgIpc) is 3.30. The quantitative estimate of drug-likeness (QED) is 0.387. The fraction of sp³-hybridized carbons (Fsp3) is 0.414. The van der Waals surface area contributed by atoms with E-state index in [9.17, 15) is 10.2 Å². The van der Waals surface area contributed by atoms with Crippen LogP contribution in [-0.2, 0) is 4.84 Å². The van der Waals surface area contributed by atoms with Gasteiger partial charge in [-0.15, -0.1) is 0 Å². The van der Waals surface area contributed by atoms with E-state index in [1.165, 1.54) is 0 Å². The molecule has 6 nitrogen and oxygen atoms in total. The third-order valence-corrected chi connectivity index (χ3v) is 7.30. The molecule has 3 aliphatic rings. The molecular weight excluding hydrogens is 476 g/mol. The van der Waals surface area contributed by atoms with Gasteiger partial charge in [0, 0.05) is 29.6 Å². The number of hydrogen-bond donors (Lipinski definition) is 2. The zero-order valence-corrected chi connectivity index (χ0v) is 21.6. The molecule has 2 aliphatic heterocycles. The SMILES string of the molecule is C=C/C=C(C1=NOC(C2C=CC(O)=CC2)[C@@H]1C(O)c1ccc(OC2CN(CCC)C2)cc1)\C(Cl)=C/C. The van der Waals surface area contributed by atoms with Crippen LogP contribution in [0.1, 0.15) is 38.4 Å². The molecule has 2 N–H and O–H groups in total. The van der Waals surface area contributed by atoms with Crippen molar-refractivity contribution in [2.75, 3.05) is 19.6 Å². The Morgan fingerprint density at radius 3 is 2.69 bits per heavy atom. The first-order chi connectivity index (χ1) is 17.4. The third kappa shape index (κ3) is 5.77. The number of allylic oxidation sites excluding steroid dienone is 7. The van der Waals surface area contributed by atoms with E-state index in [1.807, 2.05) is 37.3 Å². The van der Waals surface area contributed by atoms with Gasteiger partial charge in [0.05, 0.1) is 17.7 Å². The summed E-state index contributed by atoms with van der Waals surface area (Å²) < 4.78 is 6.09. The molecule has 7 heteroatoms. The summed E-state index contributed by atoms with van der Waals surface area (Å²) in [5.74, 6) is 0.476. The van der Waals surface area contributed by atoms with Gasteiger partial charge in [0.15, 0.2) is 0 Å². The Morgan fingerprint density at radius 2 is 2.08 bits per heavy atom. The van der Waals surface area contributed by atoms with Gasteiger partial charge in [-0.2, -0.15) is 0 Å². The van der Waals surface area contributed by atoms with E-state index >= 15 is 0 Å². The van der Waals surface area contributed by atoms with Crippen molar-refractivity contribution in [1.29, 1.82) is 0 Å². The van der Waals surface area contributed by atoms with Crippen molar-refractivity contribution >= 4 is 17.3 Å². The minimum Gasteiger partial charge on any atom is -0.508 e. The van der Waals surface area contributed by atoms with Crippen LogP contribution in [0, 0.1) is 11.8 Å². The molecule has 1 fully saturated rings. The van der Waals surface area contributed by atoms with Gasteiger partial charge in [0.25, 0.3) is 0 Å². The lowest BCUT2D eigenvalue weighted by atomic mass is 9.77. The summed E-state index contributed by atoms with van der Waals surface area (Å²) in [5, 5.41) is 26.3. The predicted octanol–water partition coefficient (Wildman–Crippen LogP) is 5.84. The normalized spacial score (nSPS) is 26.1. The molecule has 0 spiro atoms. The van der Waals surface area contributed by atoms with E-state index < -0.39 is 18.1 Å². The largest absolute Gasteiger partial charge is 0.508 e. The Balaban J connectivity index is 1.55. The number of nitrogens with zero attached hydrogens (tertiary/aromatic N) is 2. The van der Waals surface area contributed by atoms with Gasteiger partial charge >= 0.3 is 0 Å². The highest BCUT2D eigenvalue weighted by molar-refractivity contribution is 6.36. The molecular formula is C29H35ClN2O4. The van der Waals surface area contributed by atoms with Crippen molar-refractivity contribution in [3.63, 3.8) is 0 Å². The number of aliphatic hydroxyl groups is 2. The van der Waals surface area contributed by atoms with Crippen LogP contribution < -0.4 is 4.74 Å². The van der Waals surface area contributed by atoms with Gasteiger partial charge in [-0.3, -0.25) is 4.90 Å². The molecule has 1 aromatic carbocycles. The fourth-order valence-corrected chi connectivity index (χ4v) is 5.13. The number of halogens is 1. The maximum atomic E-state index is 11.6. The fourth-order valence-electron chi connectivity index (χ4n) is 4.97. The summed E-state index contributed by atoms with van der Waals surface area (Å²) in [6.45, 7) is 10.8. The van der Waals surface area contributed by atoms with E-state index in [0.717, 1.165) is 37.4 Å². The van der Waals surface area contributed by atoms with Crippen LogP contribution in [0.15, 0.2) is 88.8 Å². The molecule has 0 bridgehead atoms. The number of oxime groups is 1. The molecule has 0 saturated carbocycles. The maximum Gasteiger partial charge on any atom is 0.145 e. The third-order valence-electron chi connectivity index (χ3n) is 6.88. The summed E-state index contributed by atoms with van der Waals surface area (Å²) in [6, 6.07) is 7.60. The van der Waals surface area contributed by atoms with Crippen molar-refractivity contribution < 1.29 is 19.8 Å². The second kappa shape index (κ2) is 12.0. The minimum absolute atomic E-state index is 0.0662. The second-order valence-corrected chi connectivity index (χ2v) is 9.83. The van der Waals surface area contributed by atoms with Crippen molar-refractivity contribution in [3.05, 3.63) is 89.2 Å². The van der Waals surface area contributed by atoms with Crippen LogP contribution in [0.4, 0.5) is 0 Å². The van der Waals surface area contributed by atoms with Crippen LogP contribution in [0.3, 0.4) is 0 Å². The molecule has 2 heterocycles. The van der Waals surface area contributed by atoms with Crippen LogP contribution in [0.2, 0.25) is 0 Å². The smallest absolute Gasteiger partial charge is 0.145 e. The molecule has 1 aliphatic carbocycles. The van der Waals surface area contributed by atoms with Crippen LogP contribution >= 0.6 is 11.6 Å². The molecule has 0 aromatic heterocycles. The molecule has 1 saturated heterocycles. The molecule has 3 unspecified atom stereocenters. The summed E-state index contributed by atoms with van der Waals surface area (Å²) in [5.41, 5.74) is 1.98. The topological polar surface area (TPSA) is 74.5 Å². The van der Waals surface area contributed by atoms with Gasteiger partial charge in [-0.05, 0) is 56.2 Å². The zero-order valence-electron chi connectivity index (χ0n) is 20.9. The van der Waals surface area contributed by atoms with E-state index in [0.29, 0.717) is 22.7 Å².